The number of hydrogen-bond acceptors (Lipinski definition) is 3. The molecule has 0 saturated carbocycles. The molecule has 2 heterocycles. The van der Waals surface area contributed by atoms with Crippen LogP contribution < -0.4 is 4.90 Å². The Morgan fingerprint density at radius 1 is 0.909 bits per heavy atom. The Kier molecular flexibility index (Phi) is 3.43. The maximum atomic E-state index is 6.18. The van der Waals surface area contributed by atoms with E-state index in [1.165, 1.54) is 12.8 Å². The molecular weight excluding hydrogens is 294 g/mol. The van der Waals surface area contributed by atoms with E-state index in [1.807, 2.05) is 36.4 Å². The number of nitrogens with zero attached hydrogens (tertiary/aromatic N) is 3. The Labute approximate surface area is 134 Å². The lowest BCUT2D eigenvalue weighted by molar-refractivity contribution is 0.909. The van der Waals surface area contributed by atoms with Crippen molar-refractivity contribution in [1.29, 1.82) is 0 Å². The number of benzene rings is 2. The molecule has 0 spiro atoms. The summed E-state index contributed by atoms with van der Waals surface area (Å²) in [7, 11) is 0. The third kappa shape index (κ3) is 2.42. The van der Waals surface area contributed by atoms with Gasteiger partial charge in [0.1, 0.15) is 0 Å². The van der Waals surface area contributed by atoms with Crippen LogP contribution in [0.1, 0.15) is 12.8 Å². The topological polar surface area (TPSA) is 29.0 Å². The summed E-state index contributed by atoms with van der Waals surface area (Å²) in [5.74, 6) is 0.825. The van der Waals surface area contributed by atoms with Gasteiger partial charge in [0.25, 0.3) is 0 Å². The largest absolute Gasteiger partial charge is 0.341 e. The lowest BCUT2D eigenvalue weighted by atomic mass is 10.1. The van der Waals surface area contributed by atoms with Crippen molar-refractivity contribution in [2.75, 3.05) is 18.0 Å². The van der Waals surface area contributed by atoms with Crippen LogP contribution in [0.5, 0.6) is 0 Å². The number of halogens is 1. The van der Waals surface area contributed by atoms with Crippen LogP contribution in [-0.2, 0) is 0 Å². The number of rotatable bonds is 2. The zero-order chi connectivity index (χ0) is 14.9. The van der Waals surface area contributed by atoms with Gasteiger partial charge in [-0.25, -0.2) is 9.97 Å². The molecular formula is C18H16ClN3. The van der Waals surface area contributed by atoms with Gasteiger partial charge in [-0.2, -0.15) is 0 Å². The second-order valence-corrected chi connectivity index (χ2v) is 6.03. The van der Waals surface area contributed by atoms with Crippen LogP contribution in [0.25, 0.3) is 22.2 Å². The molecule has 22 heavy (non-hydrogen) atoms. The predicted octanol–water partition coefficient (Wildman–Crippen LogP) is 4.55. The zero-order valence-corrected chi connectivity index (χ0v) is 12.9. The highest BCUT2D eigenvalue weighted by atomic mass is 35.5. The zero-order valence-electron chi connectivity index (χ0n) is 12.2. The number of aromatic nitrogens is 2. The average molecular weight is 310 g/mol. The highest BCUT2D eigenvalue weighted by molar-refractivity contribution is 6.31. The first-order valence-electron chi connectivity index (χ1n) is 7.59. The molecule has 3 nitrogen and oxygen atoms in total. The summed E-state index contributed by atoms with van der Waals surface area (Å²) in [6.07, 6.45) is 2.42. The van der Waals surface area contributed by atoms with Gasteiger partial charge >= 0.3 is 0 Å². The SMILES string of the molecule is Clc1ccc2nc(N3CCCC3)nc(-c3ccccc3)c2c1. The quantitative estimate of drug-likeness (QED) is 0.695. The van der Waals surface area contributed by atoms with E-state index in [4.69, 9.17) is 21.6 Å². The maximum absolute atomic E-state index is 6.18. The Bertz CT molecular complexity index is 811. The number of hydrogen-bond donors (Lipinski definition) is 0. The van der Waals surface area contributed by atoms with Crippen LogP contribution in [0, 0.1) is 0 Å². The van der Waals surface area contributed by atoms with Crippen molar-refractivity contribution < 1.29 is 0 Å². The first-order chi connectivity index (χ1) is 10.8. The molecule has 0 atom stereocenters. The average Bonchev–Trinajstić information content (AvgIpc) is 3.09. The lowest BCUT2D eigenvalue weighted by Gasteiger charge is -2.17. The van der Waals surface area contributed by atoms with Crippen molar-refractivity contribution in [3.8, 4) is 11.3 Å². The van der Waals surface area contributed by atoms with Crippen molar-refractivity contribution >= 4 is 28.5 Å². The monoisotopic (exact) mass is 309 g/mol. The molecule has 0 aliphatic carbocycles. The van der Waals surface area contributed by atoms with E-state index in [-0.39, 0.29) is 0 Å². The van der Waals surface area contributed by atoms with E-state index < -0.39 is 0 Å². The fourth-order valence-corrected chi connectivity index (χ4v) is 3.14. The number of anilines is 1. The first kappa shape index (κ1) is 13.5. The van der Waals surface area contributed by atoms with Crippen molar-refractivity contribution in [3.05, 3.63) is 53.6 Å². The molecule has 0 unspecified atom stereocenters. The lowest BCUT2D eigenvalue weighted by Crippen LogP contribution is -2.20. The normalized spacial score (nSPS) is 14.7. The summed E-state index contributed by atoms with van der Waals surface area (Å²) >= 11 is 6.18. The number of fused-ring (bicyclic) bond motifs is 1. The predicted molar refractivity (Wildman–Crippen MR) is 91.4 cm³/mol. The molecule has 4 heteroatoms. The molecule has 1 fully saturated rings. The molecule has 3 aromatic rings. The summed E-state index contributed by atoms with van der Waals surface area (Å²) in [6, 6.07) is 16.1. The van der Waals surface area contributed by atoms with Gasteiger partial charge in [0.15, 0.2) is 0 Å². The molecule has 2 aromatic carbocycles. The summed E-state index contributed by atoms with van der Waals surface area (Å²) in [5, 5.41) is 1.71. The Morgan fingerprint density at radius 2 is 1.68 bits per heavy atom. The van der Waals surface area contributed by atoms with Gasteiger partial charge in [-0.15, -0.1) is 0 Å². The van der Waals surface area contributed by atoms with Crippen LogP contribution in [-0.4, -0.2) is 23.1 Å². The standard InChI is InChI=1S/C18H16ClN3/c19-14-8-9-16-15(12-14)17(13-6-2-1-3-7-13)21-18(20-16)22-10-4-5-11-22/h1-3,6-9,12H,4-5,10-11H2. The van der Waals surface area contributed by atoms with Crippen molar-refractivity contribution in [3.63, 3.8) is 0 Å². The Balaban J connectivity index is 1.96. The van der Waals surface area contributed by atoms with E-state index in [1.54, 1.807) is 0 Å². The van der Waals surface area contributed by atoms with Crippen LogP contribution in [0.15, 0.2) is 48.5 Å². The second-order valence-electron chi connectivity index (χ2n) is 5.59. The van der Waals surface area contributed by atoms with Crippen molar-refractivity contribution in [2.45, 2.75) is 12.8 Å². The molecule has 110 valence electrons. The van der Waals surface area contributed by atoms with Gasteiger partial charge < -0.3 is 4.90 Å². The minimum Gasteiger partial charge on any atom is -0.341 e. The Hall–Kier alpha value is -2.13. The van der Waals surface area contributed by atoms with Gasteiger partial charge in [-0.1, -0.05) is 41.9 Å². The maximum Gasteiger partial charge on any atom is 0.226 e. The van der Waals surface area contributed by atoms with E-state index in [2.05, 4.69) is 17.0 Å². The molecule has 0 radical (unpaired) electrons. The van der Waals surface area contributed by atoms with Gasteiger partial charge in [0, 0.05) is 29.1 Å². The molecule has 1 aliphatic rings. The van der Waals surface area contributed by atoms with Crippen LogP contribution >= 0.6 is 11.6 Å². The summed E-state index contributed by atoms with van der Waals surface area (Å²) in [5.41, 5.74) is 2.99. The van der Waals surface area contributed by atoms with Gasteiger partial charge in [0.05, 0.1) is 11.2 Å². The minimum atomic E-state index is 0.710. The summed E-state index contributed by atoms with van der Waals surface area (Å²) in [4.78, 5) is 11.9. The van der Waals surface area contributed by atoms with Gasteiger partial charge in [0.2, 0.25) is 5.95 Å². The van der Waals surface area contributed by atoms with Gasteiger partial charge in [-0.3, -0.25) is 0 Å². The molecule has 0 amide bonds. The van der Waals surface area contributed by atoms with E-state index in [0.29, 0.717) is 5.02 Å². The summed E-state index contributed by atoms with van der Waals surface area (Å²) < 4.78 is 0. The third-order valence-electron chi connectivity index (χ3n) is 4.08. The van der Waals surface area contributed by atoms with E-state index in [9.17, 15) is 0 Å². The molecule has 1 aliphatic heterocycles. The van der Waals surface area contributed by atoms with Crippen LogP contribution in [0.3, 0.4) is 0 Å². The van der Waals surface area contributed by atoms with Crippen molar-refractivity contribution in [2.24, 2.45) is 0 Å². The highest BCUT2D eigenvalue weighted by Gasteiger charge is 2.18. The fraction of sp³-hybridized carbons (Fsp3) is 0.222. The molecule has 1 saturated heterocycles. The van der Waals surface area contributed by atoms with Crippen LogP contribution in [0.2, 0.25) is 5.02 Å². The Morgan fingerprint density at radius 3 is 2.45 bits per heavy atom. The van der Waals surface area contributed by atoms with E-state index >= 15 is 0 Å². The second kappa shape index (κ2) is 5.58. The van der Waals surface area contributed by atoms with Crippen molar-refractivity contribution in [1.82, 2.24) is 9.97 Å². The first-order valence-corrected chi connectivity index (χ1v) is 7.97. The van der Waals surface area contributed by atoms with E-state index in [0.717, 1.165) is 41.2 Å². The minimum absolute atomic E-state index is 0.710. The summed E-state index contributed by atoms with van der Waals surface area (Å²) in [6.45, 7) is 2.07. The van der Waals surface area contributed by atoms with Gasteiger partial charge in [-0.05, 0) is 31.0 Å². The molecule has 0 bridgehead atoms. The highest BCUT2D eigenvalue weighted by Crippen LogP contribution is 2.30. The van der Waals surface area contributed by atoms with Crippen LogP contribution in [0.4, 0.5) is 5.95 Å². The molecule has 4 rings (SSSR count). The smallest absolute Gasteiger partial charge is 0.226 e. The molecule has 1 aromatic heterocycles. The fourth-order valence-electron chi connectivity index (χ4n) is 2.96. The third-order valence-corrected chi connectivity index (χ3v) is 4.32. The molecule has 0 N–H and O–H groups in total.